The number of rotatable bonds is 5. The summed E-state index contributed by atoms with van der Waals surface area (Å²) in [7, 11) is -4.36. The maximum absolute atomic E-state index is 13.4. The fourth-order valence-electron chi connectivity index (χ4n) is 3.58. The molecule has 4 rings (SSSR count). The number of amidine groups is 1. The number of benzene rings is 2. The first kappa shape index (κ1) is 21.5. The first-order chi connectivity index (χ1) is 15.1. The number of nitrogens with one attached hydrogen (secondary N) is 1. The summed E-state index contributed by atoms with van der Waals surface area (Å²) >= 11 is 0. The zero-order valence-corrected chi connectivity index (χ0v) is 18.1. The molecule has 2 aromatic carbocycles. The Kier molecular flexibility index (Phi) is 5.21. The number of aromatic hydroxyl groups is 1. The number of aryl methyl sites for hydroxylation is 1. The molecule has 2 N–H and O–H groups in total. The van der Waals surface area contributed by atoms with Crippen molar-refractivity contribution in [2.24, 2.45) is 10.3 Å². The van der Waals surface area contributed by atoms with Crippen molar-refractivity contribution in [1.29, 1.82) is 0 Å². The number of hydrogen-bond donors (Lipinski definition) is 2. The topological polar surface area (TPSA) is 144 Å². The smallest absolute Gasteiger partial charge is 0.286 e. The highest BCUT2D eigenvalue weighted by atomic mass is 32.2. The van der Waals surface area contributed by atoms with E-state index < -0.39 is 31.9 Å². The van der Waals surface area contributed by atoms with Crippen molar-refractivity contribution in [1.82, 2.24) is 4.57 Å². The molecule has 0 aliphatic carbocycles. The van der Waals surface area contributed by atoms with Crippen LogP contribution in [0.25, 0.3) is 10.9 Å². The average Bonchev–Trinajstić information content (AvgIpc) is 2.73. The van der Waals surface area contributed by atoms with E-state index in [1.54, 1.807) is 24.3 Å². The molecule has 0 fully saturated rings. The third-order valence-corrected chi connectivity index (χ3v) is 6.55. The van der Waals surface area contributed by atoms with E-state index in [0.717, 1.165) is 12.1 Å². The lowest BCUT2D eigenvalue weighted by Gasteiger charge is -2.20. The van der Waals surface area contributed by atoms with Gasteiger partial charge in [-0.25, -0.2) is 0 Å². The molecule has 0 saturated heterocycles. The highest BCUT2D eigenvalue weighted by molar-refractivity contribution is 7.90. The predicted octanol–water partition coefficient (Wildman–Crippen LogP) is 3.22. The van der Waals surface area contributed by atoms with Gasteiger partial charge in [0, 0.05) is 24.1 Å². The lowest BCUT2D eigenvalue weighted by molar-refractivity contribution is -0.385. The number of nitro groups is 1. The molecule has 11 heteroatoms. The number of nitrogens with zero attached hydrogens (tertiary/aromatic N) is 3. The van der Waals surface area contributed by atoms with Crippen LogP contribution >= 0.6 is 0 Å². The lowest BCUT2D eigenvalue weighted by Crippen LogP contribution is -2.33. The Morgan fingerprint density at radius 3 is 2.62 bits per heavy atom. The van der Waals surface area contributed by atoms with Crippen LogP contribution in [0.1, 0.15) is 25.8 Å². The van der Waals surface area contributed by atoms with Crippen LogP contribution in [0.4, 0.5) is 11.4 Å². The summed E-state index contributed by atoms with van der Waals surface area (Å²) in [5.41, 5.74) is -0.720. The van der Waals surface area contributed by atoms with E-state index in [4.69, 9.17) is 0 Å². The zero-order chi connectivity index (χ0) is 23.2. The largest absolute Gasteiger partial charge is 0.506 e. The van der Waals surface area contributed by atoms with Crippen molar-refractivity contribution >= 4 is 38.1 Å². The van der Waals surface area contributed by atoms with E-state index in [1.165, 1.54) is 10.6 Å². The molecule has 0 unspecified atom stereocenters. The van der Waals surface area contributed by atoms with Gasteiger partial charge in [-0.3, -0.25) is 14.9 Å². The Hall–Kier alpha value is -3.73. The minimum atomic E-state index is -4.36. The van der Waals surface area contributed by atoms with Crippen molar-refractivity contribution in [3.8, 4) is 5.75 Å². The quantitative estimate of drug-likeness (QED) is 0.443. The molecule has 2 heterocycles. The molecule has 0 radical (unpaired) electrons. The second-order valence-corrected chi connectivity index (χ2v) is 9.43. The van der Waals surface area contributed by atoms with Crippen LogP contribution in [-0.4, -0.2) is 28.9 Å². The van der Waals surface area contributed by atoms with Crippen LogP contribution in [0.2, 0.25) is 0 Å². The third kappa shape index (κ3) is 3.60. The van der Waals surface area contributed by atoms with Gasteiger partial charge in [-0.15, -0.1) is 4.40 Å². The minimum Gasteiger partial charge on any atom is -0.506 e. The second kappa shape index (κ2) is 7.75. The van der Waals surface area contributed by atoms with Crippen LogP contribution < -0.4 is 10.9 Å². The number of anilines is 1. The summed E-state index contributed by atoms with van der Waals surface area (Å²) in [6.07, 6.45) is 0.693. The maximum atomic E-state index is 13.4. The van der Waals surface area contributed by atoms with Crippen molar-refractivity contribution in [2.75, 3.05) is 5.32 Å². The van der Waals surface area contributed by atoms with Crippen LogP contribution in [-0.2, 0) is 16.6 Å². The minimum absolute atomic E-state index is 0.0290. The van der Waals surface area contributed by atoms with Gasteiger partial charge in [-0.1, -0.05) is 26.0 Å². The fourth-order valence-corrected chi connectivity index (χ4v) is 4.72. The van der Waals surface area contributed by atoms with Gasteiger partial charge in [-0.05, 0) is 30.5 Å². The van der Waals surface area contributed by atoms with Gasteiger partial charge in [0.2, 0.25) is 0 Å². The van der Waals surface area contributed by atoms with E-state index in [9.17, 15) is 28.4 Å². The molecular formula is C21H20N4O6S. The molecule has 0 spiro atoms. The molecule has 0 amide bonds. The van der Waals surface area contributed by atoms with Crippen LogP contribution in [0.5, 0.6) is 5.75 Å². The van der Waals surface area contributed by atoms with Crippen LogP contribution in [0, 0.1) is 16.0 Å². The Balaban J connectivity index is 1.94. The summed E-state index contributed by atoms with van der Waals surface area (Å²) in [5.74, 6) is -0.415. The second-order valence-electron chi connectivity index (χ2n) is 7.86. The molecule has 166 valence electrons. The van der Waals surface area contributed by atoms with Gasteiger partial charge in [0.05, 0.1) is 16.1 Å². The van der Waals surface area contributed by atoms with Crippen molar-refractivity contribution in [3.05, 3.63) is 68.5 Å². The summed E-state index contributed by atoms with van der Waals surface area (Å²) in [5, 5.41) is 25.0. The number of pyridine rings is 1. The molecule has 32 heavy (non-hydrogen) atoms. The summed E-state index contributed by atoms with van der Waals surface area (Å²) in [6.45, 7) is 4.40. The summed E-state index contributed by atoms with van der Waals surface area (Å²) < 4.78 is 30.7. The number of nitro benzene ring substituents is 1. The lowest BCUT2D eigenvalue weighted by atomic mass is 10.1. The maximum Gasteiger partial charge on any atom is 0.286 e. The number of sulfonamides is 1. The van der Waals surface area contributed by atoms with E-state index in [-0.39, 0.29) is 22.0 Å². The fraction of sp³-hybridized carbons (Fsp3) is 0.238. The first-order valence-corrected chi connectivity index (χ1v) is 11.3. The predicted molar refractivity (Wildman–Crippen MR) is 120 cm³/mol. The molecule has 0 saturated carbocycles. The first-order valence-electron chi connectivity index (χ1n) is 9.85. The third-order valence-electron chi connectivity index (χ3n) is 5.23. The monoisotopic (exact) mass is 456 g/mol. The molecule has 10 nitrogen and oxygen atoms in total. The van der Waals surface area contributed by atoms with E-state index in [1.807, 2.05) is 13.8 Å². The summed E-state index contributed by atoms with van der Waals surface area (Å²) in [6, 6.07) is 10.1. The molecule has 1 aliphatic heterocycles. The van der Waals surface area contributed by atoms with Crippen LogP contribution in [0.3, 0.4) is 0 Å². The molecule has 0 atom stereocenters. The van der Waals surface area contributed by atoms with Gasteiger partial charge < -0.3 is 15.0 Å². The zero-order valence-electron chi connectivity index (χ0n) is 17.3. The van der Waals surface area contributed by atoms with E-state index in [0.29, 0.717) is 29.8 Å². The van der Waals surface area contributed by atoms with E-state index in [2.05, 4.69) is 9.71 Å². The van der Waals surface area contributed by atoms with Crippen molar-refractivity contribution in [2.45, 2.75) is 31.7 Å². The average molecular weight is 456 g/mol. The number of non-ortho nitro benzene ring substituents is 1. The molecule has 0 bridgehead atoms. The van der Waals surface area contributed by atoms with Gasteiger partial charge in [0.25, 0.3) is 21.3 Å². The van der Waals surface area contributed by atoms with E-state index >= 15 is 0 Å². The van der Waals surface area contributed by atoms with Gasteiger partial charge in [0.15, 0.2) is 5.84 Å². The Bertz CT molecular complexity index is 1460. The van der Waals surface area contributed by atoms with Gasteiger partial charge in [-0.2, -0.15) is 8.42 Å². The van der Waals surface area contributed by atoms with Crippen molar-refractivity contribution < 1.29 is 18.4 Å². The number of hydrogen-bond acceptors (Lipinski definition) is 7. The molecular weight excluding hydrogens is 436 g/mol. The van der Waals surface area contributed by atoms with Crippen molar-refractivity contribution in [3.63, 3.8) is 0 Å². The highest BCUT2D eigenvalue weighted by Crippen LogP contribution is 2.34. The number of para-hydroxylation sites is 1. The molecule has 1 aromatic heterocycles. The van der Waals surface area contributed by atoms with Gasteiger partial charge >= 0.3 is 0 Å². The standard InChI is InChI=1S/C21H20N4O6S/c1-12(2)9-10-24-16-6-4-3-5-14(16)19(26)18(21(24)27)20-22-15-8-7-13(25(28)29)11-17(15)32(30,31)23-20/h3-8,11-12,26H,9-10H2,1-2H3,(H,22,23). The van der Waals surface area contributed by atoms with Crippen LogP contribution in [0.15, 0.2) is 56.6 Å². The number of aromatic nitrogens is 1. The highest BCUT2D eigenvalue weighted by Gasteiger charge is 2.31. The molecule has 3 aromatic rings. The Morgan fingerprint density at radius 1 is 1.22 bits per heavy atom. The SMILES string of the molecule is CC(C)CCn1c(=O)c(C2=NS(=O)(=O)c3cc([N+](=O)[O-])ccc3N2)c(O)c2ccccc21. The number of fused-ring (bicyclic) bond motifs is 2. The van der Waals surface area contributed by atoms with Gasteiger partial charge in [0.1, 0.15) is 16.2 Å². The normalized spacial score (nSPS) is 14.7. The summed E-state index contributed by atoms with van der Waals surface area (Å²) in [4.78, 5) is 23.3. The molecule has 1 aliphatic rings. The Labute approximate surface area is 183 Å². The Morgan fingerprint density at radius 2 is 1.94 bits per heavy atom.